The minimum Gasteiger partial charge on any atom is -0.248 e. The zero-order chi connectivity index (χ0) is 32.7. The van der Waals surface area contributed by atoms with Crippen LogP contribution in [0.15, 0.2) is 170 Å². The van der Waals surface area contributed by atoms with E-state index < -0.39 is 0 Å². The zero-order valence-corrected chi connectivity index (χ0v) is 27.0. The quantitative estimate of drug-likeness (QED) is 0.179. The van der Waals surface area contributed by atoms with Gasteiger partial charge in [-0.25, -0.2) is 15.0 Å². The first-order valence-corrected chi connectivity index (χ1v) is 16.6. The fraction of sp³-hybridized carbons (Fsp3) is 0.0217. The second kappa shape index (κ2) is 12.0. The first-order chi connectivity index (χ1) is 24.2. The van der Waals surface area contributed by atoms with Crippen molar-refractivity contribution >= 4 is 32.4 Å². The number of hydrogen-bond acceptors (Lipinski definition) is 3. The molecule has 0 saturated carbocycles. The lowest BCUT2D eigenvalue weighted by atomic mass is 9.91. The molecule has 0 amide bonds. The molecule has 0 bridgehead atoms. The Morgan fingerprint density at radius 3 is 1.76 bits per heavy atom. The van der Waals surface area contributed by atoms with Crippen LogP contribution in [0.1, 0.15) is 5.56 Å². The van der Waals surface area contributed by atoms with Crippen molar-refractivity contribution in [3.63, 3.8) is 0 Å². The van der Waals surface area contributed by atoms with E-state index in [0.717, 1.165) is 61.4 Å². The lowest BCUT2D eigenvalue weighted by molar-refractivity contribution is 1.18. The summed E-state index contributed by atoms with van der Waals surface area (Å²) in [5, 5.41) is 6.00. The summed E-state index contributed by atoms with van der Waals surface area (Å²) in [5.74, 6) is 0.672. The van der Waals surface area contributed by atoms with E-state index in [1.165, 1.54) is 27.1 Å². The molecule has 9 aromatic rings. The Kier molecular flexibility index (Phi) is 7.02. The van der Waals surface area contributed by atoms with Crippen LogP contribution in [0, 0.1) is 6.92 Å². The van der Waals surface area contributed by atoms with E-state index in [0.29, 0.717) is 5.82 Å². The summed E-state index contributed by atoms with van der Waals surface area (Å²) in [6, 6.07) is 59.8. The van der Waals surface area contributed by atoms with Gasteiger partial charge in [-0.2, -0.15) is 0 Å². The third-order valence-electron chi connectivity index (χ3n) is 9.31. The summed E-state index contributed by atoms with van der Waals surface area (Å²) in [6.45, 7) is 2.11. The maximum absolute atomic E-state index is 5.23. The molecular weight excluding hydrogens is 595 g/mol. The normalized spacial score (nSPS) is 11.4. The molecule has 2 aromatic heterocycles. The van der Waals surface area contributed by atoms with Gasteiger partial charge in [0, 0.05) is 27.6 Å². The minimum absolute atomic E-state index is 0.672. The topological polar surface area (TPSA) is 38.7 Å². The summed E-state index contributed by atoms with van der Waals surface area (Å²) in [5.41, 5.74) is 11.2. The molecule has 3 nitrogen and oxygen atoms in total. The van der Waals surface area contributed by atoms with Crippen LogP contribution in [-0.4, -0.2) is 15.0 Å². The number of aromatic nitrogens is 3. The number of benzene rings is 7. The molecule has 0 atom stereocenters. The van der Waals surface area contributed by atoms with Gasteiger partial charge in [-0.3, -0.25) is 0 Å². The fourth-order valence-corrected chi connectivity index (χ4v) is 6.79. The number of rotatable bonds is 5. The molecular formula is C46H31N3. The summed E-state index contributed by atoms with van der Waals surface area (Å²) in [4.78, 5) is 15.6. The van der Waals surface area contributed by atoms with Crippen molar-refractivity contribution < 1.29 is 0 Å². The molecule has 0 fully saturated rings. The van der Waals surface area contributed by atoms with Gasteiger partial charge < -0.3 is 0 Å². The molecule has 3 heteroatoms. The molecule has 2 heterocycles. The molecule has 0 aliphatic heterocycles. The smallest absolute Gasteiger partial charge is 0.160 e. The molecule has 7 aromatic carbocycles. The third kappa shape index (κ3) is 5.42. The summed E-state index contributed by atoms with van der Waals surface area (Å²) < 4.78 is 0. The van der Waals surface area contributed by atoms with Crippen molar-refractivity contribution in [1.82, 2.24) is 15.0 Å². The summed E-state index contributed by atoms with van der Waals surface area (Å²) in [6.07, 6.45) is 0. The van der Waals surface area contributed by atoms with Crippen LogP contribution in [0.3, 0.4) is 0 Å². The highest BCUT2D eigenvalue weighted by molar-refractivity contribution is 6.14. The zero-order valence-electron chi connectivity index (χ0n) is 27.0. The number of fused-ring (bicyclic) bond motifs is 4. The molecule has 0 unspecified atom stereocenters. The van der Waals surface area contributed by atoms with E-state index in [1.54, 1.807) is 0 Å². The average Bonchev–Trinajstić information content (AvgIpc) is 3.17. The minimum atomic E-state index is 0.672. The van der Waals surface area contributed by atoms with E-state index in [4.69, 9.17) is 15.0 Å². The first-order valence-electron chi connectivity index (χ1n) is 16.6. The van der Waals surface area contributed by atoms with E-state index in [9.17, 15) is 0 Å². The first kappa shape index (κ1) is 28.7. The Hall–Kier alpha value is -6.45. The van der Waals surface area contributed by atoms with Crippen LogP contribution in [0.2, 0.25) is 0 Å². The number of para-hydroxylation sites is 1. The van der Waals surface area contributed by atoms with Crippen molar-refractivity contribution in [3.05, 3.63) is 175 Å². The van der Waals surface area contributed by atoms with Crippen molar-refractivity contribution in [2.45, 2.75) is 6.92 Å². The van der Waals surface area contributed by atoms with Crippen LogP contribution in [0.25, 0.3) is 88.7 Å². The van der Waals surface area contributed by atoms with Gasteiger partial charge in [0.05, 0.1) is 22.6 Å². The largest absolute Gasteiger partial charge is 0.248 e. The van der Waals surface area contributed by atoms with Crippen molar-refractivity contribution in [3.8, 4) is 56.3 Å². The summed E-state index contributed by atoms with van der Waals surface area (Å²) in [7, 11) is 0. The highest BCUT2D eigenvalue weighted by Crippen LogP contribution is 2.39. The monoisotopic (exact) mass is 625 g/mol. The van der Waals surface area contributed by atoms with Crippen LogP contribution in [0.4, 0.5) is 0 Å². The van der Waals surface area contributed by atoms with Gasteiger partial charge in [-0.15, -0.1) is 0 Å². The molecule has 9 rings (SSSR count). The second-order valence-corrected chi connectivity index (χ2v) is 12.6. The van der Waals surface area contributed by atoms with Crippen molar-refractivity contribution in [2.75, 3.05) is 0 Å². The van der Waals surface area contributed by atoms with E-state index in [2.05, 4.69) is 165 Å². The second-order valence-electron chi connectivity index (χ2n) is 12.6. The number of nitrogens with zero attached hydrogens (tertiary/aromatic N) is 3. The predicted octanol–water partition coefficient (Wildman–Crippen LogP) is 12.0. The van der Waals surface area contributed by atoms with Gasteiger partial charge in [0.2, 0.25) is 0 Å². The van der Waals surface area contributed by atoms with Crippen LogP contribution in [0.5, 0.6) is 0 Å². The number of hydrogen-bond donors (Lipinski definition) is 0. The number of aryl methyl sites for hydroxylation is 1. The maximum Gasteiger partial charge on any atom is 0.160 e. The maximum atomic E-state index is 5.23. The van der Waals surface area contributed by atoms with Gasteiger partial charge in [-0.1, -0.05) is 133 Å². The molecule has 0 radical (unpaired) electrons. The Morgan fingerprint density at radius 2 is 0.959 bits per heavy atom. The van der Waals surface area contributed by atoms with Gasteiger partial charge in [-0.05, 0) is 82.1 Å². The molecule has 0 aliphatic carbocycles. The molecule has 0 aliphatic rings. The molecule has 49 heavy (non-hydrogen) atoms. The third-order valence-corrected chi connectivity index (χ3v) is 9.31. The standard InChI is InChI=1S/C46H31N3/c1-30-19-21-33(22-20-30)45-29-44(31-11-3-2-4-12-31)48-46(49-45)37-26-35(25-36(27-37)43-24-23-32-13-6-10-18-42(32)47-43)41-28-34-14-5-7-15-38(34)39-16-8-9-17-40(39)41/h2-29H,1H3. The SMILES string of the molecule is Cc1ccc(-c2cc(-c3ccccc3)nc(-c3cc(-c4ccc5ccccc5n4)cc(-c4cc5ccccc5c5ccccc45)c3)n2)cc1. The lowest BCUT2D eigenvalue weighted by Gasteiger charge is -2.15. The summed E-state index contributed by atoms with van der Waals surface area (Å²) >= 11 is 0. The van der Waals surface area contributed by atoms with E-state index in [-0.39, 0.29) is 0 Å². The van der Waals surface area contributed by atoms with Crippen LogP contribution >= 0.6 is 0 Å². The van der Waals surface area contributed by atoms with Gasteiger partial charge in [0.25, 0.3) is 0 Å². The molecule has 0 spiro atoms. The van der Waals surface area contributed by atoms with Crippen LogP contribution < -0.4 is 0 Å². The highest BCUT2D eigenvalue weighted by Gasteiger charge is 2.16. The highest BCUT2D eigenvalue weighted by atomic mass is 14.9. The Morgan fingerprint density at radius 1 is 0.347 bits per heavy atom. The fourth-order valence-electron chi connectivity index (χ4n) is 6.79. The molecule has 0 saturated heterocycles. The average molecular weight is 626 g/mol. The van der Waals surface area contributed by atoms with E-state index in [1.807, 2.05) is 12.1 Å². The van der Waals surface area contributed by atoms with E-state index >= 15 is 0 Å². The van der Waals surface area contributed by atoms with Crippen LogP contribution in [-0.2, 0) is 0 Å². The van der Waals surface area contributed by atoms with Crippen molar-refractivity contribution in [1.29, 1.82) is 0 Å². The number of pyridine rings is 1. The Labute approximate surface area is 285 Å². The Balaban J connectivity index is 1.32. The van der Waals surface area contributed by atoms with Crippen molar-refractivity contribution in [2.24, 2.45) is 0 Å². The van der Waals surface area contributed by atoms with Gasteiger partial charge in [0.15, 0.2) is 5.82 Å². The van der Waals surface area contributed by atoms with Gasteiger partial charge >= 0.3 is 0 Å². The Bertz CT molecular complexity index is 2660. The molecule has 230 valence electrons. The predicted molar refractivity (Wildman–Crippen MR) is 204 cm³/mol. The van der Waals surface area contributed by atoms with Gasteiger partial charge in [0.1, 0.15) is 0 Å². The molecule has 0 N–H and O–H groups in total. The lowest BCUT2D eigenvalue weighted by Crippen LogP contribution is -1.97.